The average Bonchev–Trinajstić information content (AvgIpc) is 2.68. The van der Waals surface area contributed by atoms with Gasteiger partial charge in [-0.25, -0.2) is 8.42 Å². The van der Waals surface area contributed by atoms with E-state index in [0.29, 0.717) is 56.4 Å². The molecule has 28 heavy (non-hydrogen) atoms. The van der Waals surface area contributed by atoms with Crippen molar-refractivity contribution in [2.24, 2.45) is 11.7 Å². The van der Waals surface area contributed by atoms with Gasteiger partial charge in [-0.15, -0.1) is 12.4 Å². The first-order valence-corrected chi connectivity index (χ1v) is 11.0. The summed E-state index contributed by atoms with van der Waals surface area (Å²) < 4.78 is 32.8. The molecule has 0 radical (unpaired) electrons. The molecule has 7 nitrogen and oxygen atoms in total. The van der Waals surface area contributed by atoms with E-state index >= 15 is 0 Å². The lowest BCUT2D eigenvalue weighted by Gasteiger charge is -2.38. The van der Waals surface area contributed by atoms with Crippen molar-refractivity contribution in [1.29, 1.82) is 0 Å². The summed E-state index contributed by atoms with van der Waals surface area (Å²) in [5.74, 6) is 0.397. The standard InChI is InChI=1S/C19H29N3O4S.ClH/c1-14-5-6-22(17(11-14)13-20)19(23)16-4-3-15(2)18(12-16)27(24,25)21-7-9-26-10-8-21;/h3-4,12,14,17H,5-11,13,20H2,1-2H3;1H. The molecule has 0 aliphatic carbocycles. The molecule has 0 spiro atoms. The number of carbonyl (C=O) groups excluding carboxylic acids is 1. The molecule has 3 rings (SSSR count). The molecule has 2 unspecified atom stereocenters. The van der Waals surface area contributed by atoms with Crippen molar-refractivity contribution in [3.05, 3.63) is 29.3 Å². The van der Waals surface area contributed by atoms with Crippen LogP contribution in [0, 0.1) is 12.8 Å². The van der Waals surface area contributed by atoms with Gasteiger partial charge < -0.3 is 15.4 Å². The highest BCUT2D eigenvalue weighted by Crippen LogP contribution is 2.26. The van der Waals surface area contributed by atoms with Crippen LogP contribution in [0.15, 0.2) is 23.1 Å². The van der Waals surface area contributed by atoms with E-state index in [4.69, 9.17) is 10.5 Å². The Balaban J connectivity index is 0.00000280. The number of amides is 1. The molecule has 2 fully saturated rings. The maximum Gasteiger partial charge on any atom is 0.254 e. The molecule has 158 valence electrons. The van der Waals surface area contributed by atoms with E-state index in [0.717, 1.165) is 12.8 Å². The molecule has 2 aliphatic heterocycles. The molecule has 1 amide bonds. The predicted octanol–water partition coefficient (Wildman–Crippen LogP) is 1.64. The maximum atomic E-state index is 13.1. The number of nitrogens with zero attached hydrogens (tertiary/aromatic N) is 2. The summed E-state index contributed by atoms with van der Waals surface area (Å²) in [6, 6.07) is 4.95. The number of halogens is 1. The minimum atomic E-state index is -3.65. The van der Waals surface area contributed by atoms with Crippen LogP contribution in [0.25, 0.3) is 0 Å². The van der Waals surface area contributed by atoms with Gasteiger partial charge in [-0.3, -0.25) is 4.79 Å². The Bertz CT molecular complexity index is 796. The topological polar surface area (TPSA) is 92.9 Å². The molecule has 2 aliphatic rings. The number of sulfonamides is 1. The second kappa shape index (κ2) is 9.54. The van der Waals surface area contributed by atoms with Gasteiger partial charge in [0.2, 0.25) is 10.0 Å². The van der Waals surface area contributed by atoms with Crippen LogP contribution in [0.4, 0.5) is 0 Å². The highest BCUT2D eigenvalue weighted by Gasteiger charge is 2.32. The number of aryl methyl sites for hydroxylation is 1. The van der Waals surface area contributed by atoms with Gasteiger partial charge in [0, 0.05) is 37.8 Å². The van der Waals surface area contributed by atoms with Crippen LogP contribution in [0.1, 0.15) is 35.7 Å². The quantitative estimate of drug-likeness (QED) is 0.782. The van der Waals surface area contributed by atoms with Crippen LogP contribution in [0.2, 0.25) is 0 Å². The Labute approximate surface area is 173 Å². The van der Waals surface area contributed by atoms with Gasteiger partial charge in [-0.1, -0.05) is 13.0 Å². The number of morpholine rings is 1. The van der Waals surface area contributed by atoms with Crippen molar-refractivity contribution in [3.63, 3.8) is 0 Å². The lowest BCUT2D eigenvalue weighted by atomic mass is 9.92. The summed E-state index contributed by atoms with van der Waals surface area (Å²) in [5, 5.41) is 0. The monoisotopic (exact) mass is 431 g/mol. The third kappa shape index (κ3) is 4.68. The number of piperidine rings is 1. The Hall–Kier alpha value is -1.19. The van der Waals surface area contributed by atoms with E-state index < -0.39 is 10.0 Å². The summed E-state index contributed by atoms with van der Waals surface area (Å²) in [5.41, 5.74) is 6.93. The van der Waals surface area contributed by atoms with Gasteiger partial charge >= 0.3 is 0 Å². The third-order valence-corrected chi connectivity index (χ3v) is 7.57. The minimum absolute atomic E-state index is 0. The molecule has 0 aromatic heterocycles. The molecule has 2 N–H and O–H groups in total. The van der Waals surface area contributed by atoms with Gasteiger partial charge in [0.25, 0.3) is 5.91 Å². The zero-order chi connectivity index (χ0) is 19.6. The van der Waals surface area contributed by atoms with E-state index in [-0.39, 0.29) is 29.3 Å². The van der Waals surface area contributed by atoms with Crippen LogP contribution >= 0.6 is 12.4 Å². The van der Waals surface area contributed by atoms with E-state index in [9.17, 15) is 13.2 Å². The number of hydrogen-bond donors (Lipinski definition) is 1. The first-order chi connectivity index (χ1) is 12.8. The molecule has 1 aromatic rings. The number of rotatable bonds is 4. The summed E-state index contributed by atoms with van der Waals surface area (Å²) in [4.78, 5) is 15.1. The zero-order valence-corrected chi connectivity index (χ0v) is 18.1. The lowest BCUT2D eigenvalue weighted by Crippen LogP contribution is -2.49. The number of nitrogens with two attached hydrogens (primary N) is 1. The number of hydrogen-bond acceptors (Lipinski definition) is 5. The Morgan fingerprint density at radius 3 is 2.57 bits per heavy atom. The fourth-order valence-electron chi connectivity index (χ4n) is 3.85. The molecular formula is C19H30ClN3O4S. The Morgan fingerprint density at radius 1 is 1.25 bits per heavy atom. The van der Waals surface area contributed by atoms with Gasteiger partial charge in [-0.2, -0.15) is 4.31 Å². The highest BCUT2D eigenvalue weighted by molar-refractivity contribution is 7.89. The number of benzene rings is 1. The van der Waals surface area contributed by atoms with Crippen molar-refractivity contribution in [2.45, 2.75) is 37.6 Å². The van der Waals surface area contributed by atoms with E-state index in [1.165, 1.54) is 10.4 Å². The Kier molecular flexibility index (Phi) is 7.87. The van der Waals surface area contributed by atoms with Crippen LogP contribution in [0.5, 0.6) is 0 Å². The van der Waals surface area contributed by atoms with Crippen LogP contribution in [0.3, 0.4) is 0 Å². The second-order valence-corrected chi connectivity index (χ2v) is 9.42. The summed E-state index contributed by atoms with van der Waals surface area (Å²) in [6.45, 7) is 6.44. The molecule has 2 atom stereocenters. The first-order valence-electron chi connectivity index (χ1n) is 9.54. The molecule has 1 aromatic carbocycles. The van der Waals surface area contributed by atoms with Crippen LogP contribution < -0.4 is 5.73 Å². The second-order valence-electron chi connectivity index (χ2n) is 7.51. The predicted molar refractivity (Wildman–Crippen MR) is 110 cm³/mol. The number of ether oxygens (including phenoxy) is 1. The molecule has 0 saturated carbocycles. The average molecular weight is 432 g/mol. The maximum absolute atomic E-state index is 13.1. The molecule has 2 heterocycles. The van der Waals surface area contributed by atoms with Gasteiger partial charge in [-0.05, 0) is 43.4 Å². The SMILES string of the molecule is Cc1ccc(C(=O)N2CCC(C)CC2CN)cc1S(=O)(=O)N1CCOCC1.Cl. The van der Waals surface area contributed by atoms with Crippen molar-refractivity contribution in [3.8, 4) is 0 Å². The summed E-state index contributed by atoms with van der Waals surface area (Å²) in [6.07, 6.45) is 1.82. The van der Waals surface area contributed by atoms with Crippen LogP contribution in [-0.2, 0) is 14.8 Å². The van der Waals surface area contributed by atoms with Gasteiger partial charge in [0.15, 0.2) is 0 Å². The minimum Gasteiger partial charge on any atom is -0.379 e. The summed E-state index contributed by atoms with van der Waals surface area (Å²) in [7, 11) is -3.65. The molecular weight excluding hydrogens is 402 g/mol. The largest absolute Gasteiger partial charge is 0.379 e. The van der Waals surface area contributed by atoms with Gasteiger partial charge in [0.1, 0.15) is 0 Å². The smallest absolute Gasteiger partial charge is 0.254 e. The van der Waals surface area contributed by atoms with E-state index in [2.05, 4.69) is 6.92 Å². The molecule has 2 saturated heterocycles. The fraction of sp³-hybridized carbons (Fsp3) is 0.632. The first kappa shape index (κ1) is 23.1. The highest BCUT2D eigenvalue weighted by atomic mass is 35.5. The van der Waals surface area contributed by atoms with E-state index in [1.54, 1.807) is 24.0 Å². The fourth-order valence-corrected chi connectivity index (χ4v) is 5.50. The number of likely N-dealkylation sites (tertiary alicyclic amines) is 1. The lowest BCUT2D eigenvalue weighted by molar-refractivity contribution is 0.0573. The Morgan fingerprint density at radius 2 is 1.93 bits per heavy atom. The van der Waals surface area contributed by atoms with Crippen molar-refractivity contribution < 1.29 is 17.9 Å². The zero-order valence-electron chi connectivity index (χ0n) is 16.5. The van der Waals surface area contributed by atoms with Gasteiger partial charge in [0.05, 0.1) is 18.1 Å². The van der Waals surface area contributed by atoms with Crippen molar-refractivity contribution in [1.82, 2.24) is 9.21 Å². The summed E-state index contributed by atoms with van der Waals surface area (Å²) >= 11 is 0. The normalized spacial score (nSPS) is 23.9. The third-order valence-electron chi connectivity index (χ3n) is 5.53. The molecule has 9 heteroatoms. The number of carbonyl (C=O) groups is 1. The van der Waals surface area contributed by atoms with E-state index in [1.807, 2.05) is 0 Å². The van der Waals surface area contributed by atoms with Crippen molar-refractivity contribution >= 4 is 28.3 Å². The molecule has 0 bridgehead atoms. The van der Waals surface area contributed by atoms with Crippen LogP contribution in [-0.4, -0.2) is 69.0 Å². The van der Waals surface area contributed by atoms with Crippen molar-refractivity contribution in [2.75, 3.05) is 39.4 Å².